The molecule has 0 aromatic carbocycles. The second-order valence-corrected chi connectivity index (χ2v) is 4.32. The van der Waals surface area contributed by atoms with Crippen LogP contribution in [-0.4, -0.2) is 44.2 Å². The van der Waals surface area contributed by atoms with Crippen molar-refractivity contribution in [1.82, 2.24) is 10.2 Å². The van der Waals surface area contributed by atoms with Gasteiger partial charge in [0.2, 0.25) is 5.76 Å². The van der Waals surface area contributed by atoms with Crippen LogP contribution < -0.4 is 5.32 Å². The molecule has 2 heterocycles. The lowest BCUT2D eigenvalue weighted by Gasteiger charge is -2.21. The van der Waals surface area contributed by atoms with E-state index in [-0.39, 0.29) is 18.2 Å². The molecule has 1 aliphatic heterocycles. The van der Waals surface area contributed by atoms with Gasteiger partial charge < -0.3 is 14.5 Å². The fourth-order valence-electron chi connectivity index (χ4n) is 2.06. The molecule has 2 rings (SSSR count). The molecule has 102 valence electrons. The Hall–Kier alpha value is -1.04. The molecule has 0 saturated carbocycles. The fourth-order valence-corrected chi connectivity index (χ4v) is 2.06. The molecule has 1 saturated heterocycles. The van der Waals surface area contributed by atoms with E-state index in [1.54, 1.807) is 6.07 Å². The number of rotatable bonds is 4. The zero-order chi connectivity index (χ0) is 12.3. The van der Waals surface area contributed by atoms with E-state index in [2.05, 4.69) is 22.0 Å². The third-order valence-electron chi connectivity index (χ3n) is 3.11. The summed E-state index contributed by atoms with van der Waals surface area (Å²) in [6, 6.07) is 4.02. The van der Waals surface area contributed by atoms with Crippen LogP contribution in [-0.2, 0) is 11.3 Å². The molecule has 6 heteroatoms. The number of likely N-dealkylation sites (N-methyl/N-ethyl adjacent to an activating group) is 1. The van der Waals surface area contributed by atoms with E-state index in [0.29, 0.717) is 12.6 Å². The molecular formula is C12H19ClN2O3. The van der Waals surface area contributed by atoms with Gasteiger partial charge in [0.05, 0.1) is 13.7 Å². The van der Waals surface area contributed by atoms with Gasteiger partial charge in [-0.2, -0.15) is 0 Å². The van der Waals surface area contributed by atoms with Gasteiger partial charge in [-0.3, -0.25) is 4.90 Å². The first-order valence-electron chi connectivity index (χ1n) is 5.78. The number of carbonyl (C=O) groups excluding carboxylic acids is 1. The highest BCUT2D eigenvalue weighted by Gasteiger charge is 2.20. The van der Waals surface area contributed by atoms with E-state index >= 15 is 0 Å². The lowest BCUT2D eigenvalue weighted by Crippen LogP contribution is -2.32. The lowest BCUT2D eigenvalue weighted by molar-refractivity contribution is 0.0561. The Kier molecular flexibility index (Phi) is 5.65. The van der Waals surface area contributed by atoms with Gasteiger partial charge in [0, 0.05) is 12.6 Å². The number of halogens is 1. The number of hydrogen-bond donors (Lipinski definition) is 1. The highest BCUT2D eigenvalue weighted by atomic mass is 35.5. The normalized spacial score (nSPS) is 18.7. The SMILES string of the molecule is COC(=O)c1ccc(CN(C)C2CCNC2)o1.Cl. The van der Waals surface area contributed by atoms with Crippen molar-refractivity contribution in [3.05, 3.63) is 23.7 Å². The van der Waals surface area contributed by atoms with E-state index in [0.717, 1.165) is 25.3 Å². The average molecular weight is 275 g/mol. The Labute approximate surface area is 113 Å². The smallest absolute Gasteiger partial charge is 0.373 e. The second-order valence-electron chi connectivity index (χ2n) is 4.32. The molecular weight excluding hydrogens is 256 g/mol. The average Bonchev–Trinajstić information content (AvgIpc) is 2.98. The molecule has 1 N–H and O–H groups in total. The zero-order valence-corrected chi connectivity index (χ0v) is 11.5. The van der Waals surface area contributed by atoms with Gasteiger partial charge in [-0.1, -0.05) is 0 Å². The first kappa shape index (κ1) is 15.0. The van der Waals surface area contributed by atoms with Crippen molar-refractivity contribution >= 4 is 18.4 Å². The van der Waals surface area contributed by atoms with Gasteiger partial charge in [-0.25, -0.2) is 4.79 Å². The van der Waals surface area contributed by atoms with Gasteiger partial charge in [-0.15, -0.1) is 12.4 Å². The minimum absolute atomic E-state index is 0. The maximum atomic E-state index is 11.2. The van der Waals surface area contributed by atoms with E-state index in [1.165, 1.54) is 7.11 Å². The predicted molar refractivity (Wildman–Crippen MR) is 70.0 cm³/mol. The van der Waals surface area contributed by atoms with E-state index in [4.69, 9.17) is 4.42 Å². The number of nitrogens with one attached hydrogen (secondary N) is 1. The summed E-state index contributed by atoms with van der Waals surface area (Å²) >= 11 is 0. The summed E-state index contributed by atoms with van der Waals surface area (Å²) in [6.45, 7) is 2.80. The van der Waals surface area contributed by atoms with E-state index in [9.17, 15) is 4.79 Å². The molecule has 0 amide bonds. The largest absolute Gasteiger partial charge is 0.463 e. The van der Waals surface area contributed by atoms with Gasteiger partial charge in [-0.05, 0) is 32.1 Å². The van der Waals surface area contributed by atoms with Gasteiger partial charge in [0.15, 0.2) is 0 Å². The molecule has 5 nitrogen and oxygen atoms in total. The number of methoxy groups -OCH3 is 1. The van der Waals surface area contributed by atoms with Crippen LogP contribution in [0.15, 0.2) is 16.5 Å². The zero-order valence-electron chi connectivity index (χ0n) is 10.6. The molecule has 1 aromatic heterocycles. The molecule has 1 atom stereocenters. The summed E-state index contributed by atoms with van der Waals surface area (Å²) in [5.41, 5.74) is 0. The van der Waals surface area contributed by atoms with Crippen LogP contribution in [0.2, 0.25) is 0 Å². The van der Waals surface area contributed by atoms with Crippen LogP contribution >= 0.6 is 12.4 Å². The number of carbonyl (C=O) groups is 1. The van der Waals surface area contributed by atoms with Crippen LogP contribution in [0.5, 0.6) is 0 Å². The molecule has 0 aliphatic carbocycles. The van der Waals surface area contributed by atoms with Crippen molar-refractivity contribution in [2.45, 2.75) is 19.0 Å². The van der Waals surface area contributed by atoms with Crippen molar-refractivity contribution in [2.24, 2.45) is 0 Å². The fraction of sp³-hybridized carbons (Fsp3) is 0.583. The Balaban J connectivity index is 0.00000162. The monoisotopic (exact) mass is 274 g/mol. The second kappa shape index (κ2) is 6.78. The summed E-state index contributed by atoms with van der Waals surface area (Å²) in [4.78, 5) is 13.5. The van der Waals surface area contributed by atoms with Crippen molar-refractivity contribution in [1.29, 1.82) is 0 Å². The van der Waals surface area contributed by atoms with Crippen LogP contribution in [0.1, 0.15) is 22.7 Å². The number of ether oxygens (including phenoxy) is 1. The number of esters is 1. The third kappa shape index (κ3) is 3.48. The summed E-state index contributed by atoms with van der Waals surface area (Å²) in [5.74, 6) is 0.627. The molecule has 18 heavy (non-hydrogen) atoms. The Morgan fingerprint density at radius 2 is 2.39 bits per heavy atom. The minimum atomic E-state index is -0.429. The maximum Gasteiger partial charge on any atom is 0.373 e. The standard InChI is InChI=1S/C12H18N2O3.ClH/c1-14(9-5-6-13-7-9)8-10-3-4-11(17-10)12(15)16-2;/h3-4,9,13H,5-8H2,1-2H3;1H. The minimum Gasteiger partial charge on any atom is -0.463 e. The Bertz CT molecular complexity index is 388. The first-order valence-corrected chi connectivity index (χ1v) is 5.78. The number of nitrogens with zero attached hydrogens (tertiary/aromatic N) is 1. The highest BCUT2D eigenvalue weighted by molar-refractivity contribution is 5.86. The molecule has 0 radical (unpaired) electrons. The summed E-state index contributed by atoms with van der Waals surface area (Å²) < 4.78 is 10.0. The van der Waals surface area contributed by atoms with Crippen LogP contribution in [0.25, 0.3) is 0 Å². The van der Waals surface area contributed by atoms with Crippen molar-refractivity contribution in [3.8, 4) is 0 Å². The molecule has 0 bridgehead atoms. The summed E-state index contributed by atoms with van der Waals surface area (Å²) in [5, 5.41) is 3.33. The number of furan rings is 1. The topological polar surface area (TPSA) is 54.7 Å². The number of hydrogen-bond acceptors (Lipinski definition) is 5. The van der Waals surface area contributed by atoms with Gasteiger partial charge in [0.25, 0.3) is 0 Å². The van der Waals surface area contributed by atoms with Crippen molar-refractivity contribution in [2.75, 3.05) is 27.2 Å². The van der Waals surface area contributed by atoms with Gasteiger partial charge in [0.1, 0.15) is 5.76 Å². The van der Waals surface area contributed by atoms with Gasteiger partial charge >= 0.3 is 5.97 Å². The molecule has 1 aliphatic rings. The van der Waals surface area contributed by atoms with Crippen LogP contribution in [0.3, 0.4) is 0 Å². The lowest BCUT2D eigenvalue weighted by atomic mass is 10.2. The molecule has 1 aromatic rings. The summed E-state index contributed by atoms with van der Waals surface area (Å²) in [6.07, 6.45) is 1.15. The van der Waals surface area contributed by atoms with E-state index in [1.807, 2.05) is 6.07 Å². The quantitative estimate of drug-likeness (QED) is 0.839. The summed E-state index contributed by atoms with van der Waals surface area (Å²) in [7, 11) is 3.42. The first-order chi connectivity index (χ1) is 8.20. The van der Waals surface area contributed by atoms with Crippen LogP contribution in [0.4, 0.5) is 0 Å². The highest BCUT2D eigenvalue weighted by Crippen LogP contribution is 2.14. The van der Waals surface area contributed by atoms with Crippen molar-refractivity contribution in [3.63, 3.8) is 0 Å². The molecule has 1 fully saturated rings. The third-order valence-corrected chi connectivity index (χ3v) is 3.11. The Morgan fingerprint density at radius 1 is 1.61 bits per heavy atom. The van der Waals surface area contributed by atoms with Crippen LogP contribution in [0, 0.1) is 0 Å². The Morgan fingerprint density at radius 3 is 3.00 bits per heavy atom. The molecule has 0 spiro atoms. The molecule has 1 unspecified atom stereocenters. The predicted octanol–water partition coefficient (Wildman–Crippen LogP) is 1.28. The maximum absolute atomic E-state index is 11.2. The van der Waals surface area contributed by atoms with E-state index < -0.39 is 5.97 Å². The van der Waals surface area contributed by atoms with Crippen molar-refractivity contribution < 1.29 is 13.9 Å².